The van der Waals surface area contributed by atoms with Gasteiger partial charge in [0.25, 0.3) is 0 Å². The molecule has 0 aliphatic carbocycles. The van der Waals surface area contributed by atoms with Crippen LogP contribution >= 0.6 is 0 Å². The van der Waals surface area contributed by atoms with E-state index in [1.54, 1.807) is 24.3 Å². The number of hydrogen-bond acceptors (Lipinski definition) is 13. The highest BCUT2D eigenvalue weighted by atomic mass is 16.7. The van der Waals surface area contributed by atoms with Gasteiger partial charge < -0.3 is 54.0 Å². The number of aliphatic hydroxyl groups is 4. The van der Waals surface area contributed by atoms with Gasteiger partial charge in [-0.2, -0.15) is 0 Å². The van der Waals surface area contributed by atoms with E-state index in [1.807, 2.05) is 13.8 Å². The minimum Gasteiger partial charge on any atom is -0.504 e. The van der Waals surface area contributed by atoms with Gasteiger partial charge in [-0.25, -0.2) is 0 Å². The van der Waals surface area contributed by atoms with Crippen LogP contribution in [0.15, 0.2) is 24.3 Å². The largest absolute Gasteiger partial charge is 0.504 e. The van der Waals surface area contributed by atoms with Crippen LogP contribution in [0, 0.1) is 0 Å². The molecular formula is C34H48O13. The van der Waals surface area contributed by atoms with Crippen molar-refractivity contribution < 1.29 is 63.5 Å². The van der Waals surface area contributed by atoms with Crippen molar-refractivity contribution in [3.8, 4) is 34.1 Å². The molecule has 1 heterocycles. The number of ether oxygens (including phenoxy) is 6. The van der Waals surface area contributed by atoms with Gasteiger partial charge in [-0.15, -0.1) is 0 Å². The lowest BCUT2D eigenvalue weighted by molar-refractivity contribution is -0.277. The summed E-state index contributed by atoms with van der Waals surface area (Å²) in [6.45, 7) is 3.98. The van der Waals surface area contributed by atoms with Crippen LogP contribution in [0.4, 0.5) is 0 Å². The lowest BCUT2D eigenvalue weighted by atomic mass is 9.95. The summed E-state index contributed by atoms with van der Waals surface area (Å²) in [6.07, 6.45) is -3.90. The molecule has 5 unspecified atom stereocenters. The second kappa shape index (κ2) is 18.6. The molecule has 0 radical (unpaired) electrons. The van der Waals surface area contributed by atoms with Crippen LogP contribution in [0.5, 0.6) is 23.0 Å². The van der Waals surface area contributed by atoms with Crippen LogP contribution in [0.2, 0.25) is 0 Å². The first-order chi connectivity index (χ1) is 22.6. The summed E-state index contributed by atoms with van der Waals surface area (Å²) in [5, 5.41) is 52.4. The van der Waals surface area contributed by atoms with Gasteiger partial charge in [0.1, 0.15) is 24.4 Å². The number of benzene rings is 2. The fourth-order valence-corrected chi connectivity index (χ4v) is 5.03. The minimum atomic E-state index is -1.73. The highest BCUT2D eigenvalue weighted by Gasteiger charge is 2.45. The molecule has 0 amide bonds. The Hall–Kier alpha value is -3.62. The minimum absolute atomic E-state index is 0.0143. The van der Waals surface area contributed by atoms with Gasteiger partial charge in [-0.05, 0) is 61.1 Å². The van der Waals surface area contributed by atoms with Crippen LogP contribution < -0.4 is 14.2 Å². The number of phenols is 1. The van der Waals surface area contributed by atoms with Crippen LogP contribution in [0.1, 0.15) is 63.5 Å². The first-order valence-electron chi connectivity index (χ1n) is 16.0. The monoisotopic (exact) mass is 664 g/mol. The SMILES string of the molecule is CCCCOC(=O)CCc1cc(OC)c(O)c(-c2cc(CCC(=O)OCCCC)cc(OC)c2OC2OC(CO)C(O)C(O)C2O)c1. The molecule has 47 heavy (non-hydrogen) atoms. The van der Waals surface area contributed by atoms with E-state index in [2.05, 4.69) is 0 Å². The highest BCUT2D eigenvalue weighted by molar-refractivity contribution is 5.82. The number of rotatable bonds is 18. The molecule has 13 heteroatoms. The summed E-state index contributed by atoms with van der Waals surface area (Å²) in [5.41, 5.74) is 1.71. The third-order valence-electron chi connectivity index (χ3n) is 7.82. The number of aromatic hydroxyl groups is 1. The van der Waals surface area contributed by atoms with Crippen molar-refractivity contribution in [1.29, 1.82) is 0 Å². The van der Waals surface area contributed by atoms with Crippen molar-refractivity contribution in [2.45, 2.75) is 95.9 Å². The standard InChI is InChI=1S/C34H48O13/c1-5-7-13-44-27(36)11-9-20-15-22(29(38)24(17-20)42-3)23-16-21(10-12-28(37)45-14-8-6-2)18-25(43-4)33(23)47-34-32(41)31(40)30(39)26(19-35)46-34/h15-18,26,30-32,34-35,38-41H,5-14,19H2,1-4H3. The Morgan fingerprint density at radius 2 is 1.30 bits per heavy atom. The average molecular weight is 665 g/mol. The molecule has 0 saturated carbocycles. The van der Waals surface area contributed by atoms with Gasteiger partial charge in [0.15, 0.2) is 23.0 Å². The van der Waals surface area contributed by atoms with Gasteiger partial charge in [-0.3, -0.25) is 9.59 Å². The fraction of sp³-hybridized carbons (Fsp3) is 0.588. The third kappa shape index (κ3) is 10.2. The summed E-state index contributed by atoms with van der Waals surface area (Å²) >= 11 is 0. The van der Waals surface area contributed by atoms with E-state index in [0.29, 0.717) is 24.3 Å². The maximum Gasteiger partial charge on any atom is 0.306 e. The van der Waals surface area contributed by atoms with Crippen molar-refractivity contribution in [2.24, 2.45) is 0 Å². The molecule has 1 fully saturated rings. The number of unbranched alkanes of at least 4 members (excludes halogenated alkanes) is 2. The van der Waals surface area contributed by atoms with Gasteiger partial charge in [0.05, 0.1) is 34.0 Å². The van der Waals surface area contributed by atoms with Crippen LogP contribution in [0.25, 0.3) is 11.1 Å². The fourth-order valence-electron chi connectivity index (χ4n) is 5.03. The smallest absolute Gasteiger partial charge is 0.306 e. The predicted octanol–water partition coefficient (Wildman–Crippen LogP) is 2.81. The normalized spacial score (nSPS) is 20.8. The number of aryl methyl sites for hydroxylation is 2. The van der Waals surface area contributed by atoms with Gasteiger partial charge in [0.2, 0.25) is 6.29 Å². The summed E-state index contributed by atoms with van der Waals surface area (Å²) in [7, 11) is 2.76. The zero-order chi connectivity index (χ0) is 34.5. The van der Waals surface area contributed by atoms with E-state index in [1.165, 1.54) is 14.2 Å². The molecule has 1 aliphatic heterocycles. The number of aliphatic hydroxyl groups excluding tert-OH is 4. The van der Waals surface area contributed by atoms with Crippen molar-refractivity contribution in [1.82, 2.24) is 0 Å². The second-order valence-electron chi connectivity index (χ2n) is 11.3. The van der Waals surface area contributed by atoms with Crippen molar-refractivity contribution in [3.63, 3.8) is 0 Å². The number of carbonyl (C=O) groups excluding carboxylic acids is 2. The molecule has 5 N–H and O–H groups in total. The lowest BCUT2D eigenvalue weighted by Gasteiger charge is -2.40. The van der Waals surface area contributed by atoms with E-state index in [4.69, 9.17) is 28.4 Å². The van der Waals surface area contributed by atoms with Crippen LogP contribution in [0.3, 0.4) is 0 Å². The van der Waals surface area contributed by atoms with Gasteiger partial charge >= 0.3 is 11.9 Å². The zero-order valence-electron chi connectivity index (χ0n) is 27.5. The number of hydrogen-bond donors (Lipinski definition) is 5. The molecule has 5 atom stereocenters. The molecule has 1 saturated heterocycles. The van der Waals surface area contributed by atoms with E-state index in [9.17, 15) is 35.1 Å². The summed E-state index contributed by atoms with van der Waals surface area (Å²) in [6, 6.07) is 6.53. The Kier molecular flexibility index (Phi) is 15.0. The van der Waals surface area contributed by atoms with E-state index in [0.717, 1.165) is 25.7 Å². The summed E-state index contributed by atoms with van der Waals surface area (Å²) in [4.78, 5) is 24.7. The molecule has 13 nitrogen and oxygen atoms in total. The van der Waals surface area contributed by atoms with Gasteiger partial charge in [0, 0.05) is 24.0 Å². The lowest BCUT2D eigenvalue weighted by Crippen LogP contribution is -2.60. The van der Waals surface area contributed by atoms with Crippen LogP contribution in [-0.4, -0.2) is 102 Å². The Bertz CT molecular complexity index is 1310. The topological polar surface area (TPSA) is 191 Å². The molecule has 1 aliphatic rings. The molecule has 0 spiro atoms. The zero-order valence-corrected chi connectivity index (χ0v) is 27.5. The van der Waals surface area contributed by atoms with Crippen molar-refractivity contribution >= 4 is 11.9 Å². The Balaban J connectivity index is 2.07. The van der Waals surface area contributed by atoms with E-state index in [-0.39, 0.29) is 71.7 Å². The second-order valence-corrected chi connectivity index (χ2v) is 11.3. The Morgan fingerprint density at radius 3 is 1.81 bits per heavy atom. The molecule has 2 aromatic rings. The number of esters is 2. The third-order valence-corrected chi connectivity index (χ3v) is 7.82. The van der Waals surface area contributed by atoms with E-state index >= 15 is 0 Å². The maximum atomic E-state index is 12.4. The number of methoxy groups -OCH3 is 2. The number of phenolic OH excluding ortho intramolecular Hbond substituents is 1. The average Bonchev–Trinajstić information content (AvgIpc) is 3.07. The molecule has 0 aromatic heterocycles. The highest BCUT2D eigenvalue weighted by Crippen LogP contribution is 2.47. The van der Waals surface area contributed by atoms with E-state index < -0.39 is 37.3 Å². The molecule has 262 valence electrons. The van der Waals surface area contributed by atoms with Crippen molar-refractivity contribution in [2.75, 3.05) is 34.0 Å². The first kappa shape index (κ1) is 37.8. The molecule has 0 bridgehead atoms. The number of carbonyl (C=O) groups is 2. The van der Waals surface area contributed by atoms with Gasteiger partial charge in [-0.1, -0.05) is 26.7 Å². The Morgan fingerprint density at radius 1 is 0.766 bits per heavy atom. The quantitative estimate of drug-likeness (QED) is 0.116. The predicted molar refractivity (Wildman–Crippen MR) is 169 cm³/mol. The van der Waals surface area contributed by atoms with Crippen LogP contribution in [-0.2, 0) is 36.6 Å². The Labute approximate surface area is 274 Å². The molecule has 2 aromatic carbocycles. The summed E-state index contributed by atoms with van der Waals surface area (Å²) in [5.74, 6) is -0.777. The first-order valence-corrected chi connectivity index (χ1v) is 16.0. The van der Waals surface area contributed by atoms with Crippen molar-refractivity contribution in [3.05, 3.63) is 35.4 Å². The maximum absolute atomic E-state index is 12.4. The molecule has 3 rings (SSSR count). The molecular weight excluding hydrogens is 616 g/mol. The summed E-state index contributed by atoms with van der Waals surface area (Å²) < 4.78 is 33.4.